The monoisotopic (exact) mass is 478 g/mol. The van der Waals surface area contributed by atoms with Crippen LogP contribution in [0.15, 0.2) is 53.0 Å². The van der Waals surface area contributed by atoms with E-state index in [4.69, 9.17) is 0 Å². The number of amides is 2. The van der Waals surface area contributed by atoms with Crippen molar-refractivity contribution < 1.29 is 19.5 Å². The van der Waals surface area contributed by atoms with Crippen molar-refractivity contribution in [3.05, 3.63) is 58.6 Å². The summed E-state index contributed by atoms with van der Waals surface area (Å²) in [6.07, 6.45) is 3.53. The molecule has 0 unspecified atom stereocenters. The highest BCUT2D eigenvalue weighted by Gasteiger charge is 2.48. The summed E-state index contributed by atoms with van der Waals surface area (Å²) in [5, 5.41) is 10.2. The zero-order valence-corrected chi connectivity index (χ0v) is 18.1. The number of carbonyl (C=O) groups excluding carboxylic acids is 2. The lowest BCUT2D eigenvalue weighted by atomic mass is 9.81. The molecule has 0 spiro atoms. The Kier molecular flexibility index (Phi) is 4.85. The lowest BCUT2D eigenvalue weighted by molar-refractivity contribution is -0.122. The molecule has 5 rings (SSSR count). The number of rotatable bonds is 3. The number of carboxylic acids is 1. The second-order valence-electron chi connectivity index (χ2n) is 8.08. The summed E-state index contributed by atoms with van der Waals surface area (Å²) < 4.78 is 0.780. The van der Waals surface area contributed by atoms with E-state index in [1.807, 2.05) is 6.07 Å². The Morgan fingerprint density at radius 2 is 1.61 bits per heavy atom. The van der Waals surface area contributed by atoms with Crippen LogP contribution in [0.4, 0.5) is 5.69 Å². The number of fused-ring (bicyclic) bond motifs is 2. The Hall–Kier alpha value is -3.06. The summed E-state index contributed by atoms with van der Waals surface area (Å²) in [6.45, 7) is 0. The Labute approximate surface area is 187 Å². The highest BCUT2D eigenvalue weighted by atomic mass is 79.9. The van der Waals surface area contributed by atoms with Gasteiger partial charge in [0.25, 0.3) is 0 Å². The van der Waals surface area contributed by atoms with Gasteiger partial charge in [-0.2, -0.15) is 0 Å². The average molecular weight is 479 g/mol. The maximum atomic E-state index is 12.8. The molecule has 31 heavy (non-hydrogen) atoms. The van der Waals surface area contributed by atoms with Crippen LogP contribution in [0.3, 0.4) is 0 Å². The number of aromatic carboxylic acids is 1. The number of hydrogen-bond acceptors (Lipinski definition) is 4. The van der Waals surface area contributed by atoms with Crippen molar-refractivity contribution in [1.82, 2.24) is 4.98 Å². The fraction of sp³-hybridized carbons (Fsp3) is 0.250. The number of aromatic nitrogens is 1. The highest BCUT2D eigenvalue weighted by Crippen LogP contribution is 2.40. The summed E-state index contributed by atoms with van der Waals surface area (Å²) in [4.78, 5) is 43.4. The first-order chi connectivity index (χ1) is 14.9. The molecule has 2 fully saturated rings. The molecule has 6 nitrogen and oxygen atoms in total. The fourth-order valence-electron chi connectivity index (χ4n) is 4.72. The number of benzene rings is 2. The topological polar surface area (TPSA) is 87.6 Å². The maximum absolute atomic E-state index is 12.8. The number of pyridine rings is 1. The molecule has 2 atom stereocenters. The van der Waals surface area contributed by atoms with Crippen LogP contribution in [-0.4, -0.2) is 27.9 Å². The third kappa shape index (κ3) is 3.33. The number of hydrogen-bond donors (Lipinski definition) is 1. The predicted octanol–water partition coefficient (Wildman–Crippen LogP) is 5.04. The van der Waals surface area contributed by atoms with Gasteiger partial charge in [0.1, 0.15) is 0 Å². The smallest absolute Gasteiger partial charge is 0.336 e. The quantitative estimate of drug-likeness (QED) is 0.532. The van der Waals surface area contributed by atoms with Gasteiger partial charge in [0.15, 0.2) is 0 Å². The Bertz CT molecular complexity index is 1210. The van der Waals surface area contributed by atoms with Crippen LogP contribution in [0.5, 0.6) is 0 Å². The molecule has 2 heterocycles. The number of imide groups is 1. The van der Waals surface area contributed by atoms with Crippen LogP contribution in [0.1, 0.15) is 36.0 Å². The number of nitrogens with zero attached hydrogens (tertiary/aromatic N) is 2. The van der Waals surface area contributed by atoms with Crippen molar-refractivity contribution in [1.29, 1.82) is 0 Å². The Balaban J connectivity index is 1.51. The molecule has 1 saturated carbocycles. The van der Waals surface area contributed by atoms with Gasteiger partial charge >= 0.3 is 5.97 Å². The molecule has 3 aromatic rings. The minimum absolute atomic E-state index is 0.106. The Morgan fingerprint density at radius 1 is 0.968 bits per heavy atom. The van der Waals surface area contributed by atoms with Gasteiger partial charge in [-0.05, 0) is 49.2 Å². The van der Waals surface area contributed by atoms with E-state index in [0.717, 1.165) is 30.2 Å². The number of carboxylic acid groups (broad SMARTS) is 1. The second kappa shape index (κ2) is 7.57. The highest BCUT2D eigenvalue weighted by molar-refractivity contribution is 9.10. The summed E-state index contributed by atoms with van der Waals surface area (Å²) in [5.41, 5.74) is 2.53. The number of halogens is 1. The van der Waals surface area contributed by atoms with Crippen LogP contribution in [-0.2, 0) is 9.59 Å². The minimum atomic E-state index is -1.03. The zero-order chi connectivity index (χ0) is 21.7. The molecular weight excluding hydrogens is 460 g/mol. The van der Waals surface area contributed by atoms with E-state index >= 15 is 0 Å². The molecule has 0 radical (unpaired) electrons. The van der Waals surface area contributed by atoms with E-state index in [1.165, 1.54) is 4.90 Å². The van der Waals surface area contributed by atoms with Gasteiger partial charge in [-0.25, -0.2) is 9.78 Å². The summed E-state index contributed by atoms with van der Waals surface area (Å²) in [7, 11) is 0. The van der Waals surface area contributed by atoms with Crippen LogP contribution in [0.2, 0.25) is 0 Å². The molecule has 1 saturated heterocycles. The Morgan fingerprint density at radius 3 is 2.23 bits per heavy atom. The van der Waals surface area contributed by atoms with Crippen molar-refractivity contribution in [3.63, 3.8) is 0 Å². The molecule has 2 aliphatic rings. The molecule has 1 aliphatic heterocycles. The fourth-order valence-corrected chi connectivity index (χ4v) is 5.08. The van der Waals surface area contributed by atoms with Crippen molar-refractivity contribution in [2.24, 2.45) is 11.8 Å². The van der Waals surface area contributed by atoms with E-state index in [1.54, 1.807) is 42.5 Å². The van der Waals surface area contributed by atoms with Gasteiger partial charge in [-0.1, -0.05) is 40.9 Å². The van der Waals surface area contributed by atoms with Crippen LogP contribution in [0.25, 0.3) is 22.2 Å². The van der Waals surface area contributed by atoms with Gasteiger partial charge in [-0.3, -0.25) is 14.5 Å². The molecular formula is C24H19BrN2O4. The van der Waals surface area contributed by atoms with Crippen LogP contribution >= 0.6 is 15.9 Å². The molecule has 2 amide bonds. The van der Waals surface area contributed by atoms with E-state index in [9.17, 15) is 19.5 Å². The van der Waals surface area contributed by atoms with Gasteiger partial charge < -0.3 is 5.11 Å². The van der Waals surface area contributed by atoms with Crippen molar-refractivity contribution in [2.75, 3.05) is 4.90 Å². The number of carbonyl (C=O) groups is 3. The molecule has 1 N–H and O–H groups in total. The van der Waals surface area contributed by atoms with Crippen molar-refractivity contribution in [2.45, 2.75) is 25.7 Å². The van der Waals surface area contributed by atoms with Crippen LogP contribution in [0, 0.1) is 11.8 Å². The van der Waals surface area contributed by atoms with Crippen molar-refractivity contribution >= 4 is 50.3 Å². The molecule has 1 aliphatic carbocycles. The predicted molar refractivity (Wildman–Crippen MR) is 120 cm³/mol. The molecule has 7 heteroatoms. The van der Waals surface area contributed by atoms with E-state index < -0.39 is 5.97 Å². The SMILES string of the molecule is O=C(O)c1cc(-c2ccc(N3C(=O)[C@@H]4CCCC[C@H]4C3=O)cc2)nc2ccc(Br)cc12. The average Bonchev–Trinajstić information content (AvgIpc) is 3.03. The van der Waals surface area contributed by atoms with E-state index in [2.05, 4.69) is 20.9 Å². The molecule has 156 valence electrons. The maximum Gasteiger partial charge on any atom is 0.336 e. The van der Waals surface area contributed by atoms with Gasteiger partial charge in [0.05, 0.1) is 34.3 Å². The zero-order valence-electron chi connectivity index (χ0n) is 16.5. The second-order valence-corrected chi connectivity index (χ2v) is 8.99. The first-order valence-electron chi connectivity index (χ1n) is 10.3. The lowest BCUT2D eigenvalue weighted by Crippen LogP contribution is -2.30. The normalized spacial score (nSPS) is 20.9. The molecule has 2 aromatic carbocycles. The largest absolute Gasteiger partial charge is 0.478 e. The third-order valence-corrected chi connectivity index (χ3v) is 6.76. The van der Waals surface area contributed by atoms with Crippen LogP contribution < -0.4 is 4.90 Å². The van der Waals surface area contributed by atoms with Gasteiger partial charge in [-0.15, -0.1) is 0 Å². The first kappa shape index (κ1) is 19.9. The standard InChI is InChI=1S/C24H19BrN2O4/c25-14-7-10-20-18(11-14)19(24(30)31)12-21(26-20)13-5-8-15(9-6-13)27-22(28)16-3-1-2-4-17(16)23(27)29/h5-12,16-17H,1-4H2,(H,30,31)/t16-,17-/m1/s1. The van der Waals surface area contributed by atoms with Gasteiger partial charge in [0, 0.05) is 15.4 Å². The summed E-state index contributed by atoms with van der Waals surface area (Å²) in [5.74, 6) is -1.63. The minimum Gasteiger partial charge on any atom is -0.478 e. The van der Waals surface area contributed by atoms with E-state index in [-0.39, 0.29) is 29.2 Å². The third-order valence-electron chi connectivity index (χ3n) is 6.26. The van der Waals surface area contributed by atoms with E-state index in [0.29, 0.717) is 27.8 Å². The number of anilines is 1. The lowest BCUT2D eigenvalue weighted by Gasteiger charge is -2.19. The summed E-state index contributed by atoms with van der Waals surface area (Å²) in [6, 6.07) is 13.9. The summed E-state index contributed by atoms with van der Waals surface area (Å²) >= 11 is 3.37. The first-order valence-corrected chi connectivity index (χ1v) is 11.0. The molecule has 1 aromatic heterocycles. The molecule has 0 bridgehead atoms. The van der Waals surface area contributed by atoms with Crippen molar-refractivity contribution in [3.8, 4) is 11.3 Å². The van der Waals surface area contributed by atoms with Gasteiger partial charge in [0.2, 0.25) is 11.8 Å².